The molecule has 0 aliphatic carbocycles. The molecule has 45 heavy (non-hydrogen) atoms. The van der Waals surface area contributed by atoms with Gasteiger partial charge in [-0.25, -0.2) is 0 Å². The van der Waals surface area contributed by atoms with Crippen molar-refractivity contribution in [1.29, 1.82) is 0 Å². The number of β-lactam (4-membered cyclic amide) rings is 1. The van der Waals surface area contributed by atoms with E-state index in [0.29, 0.717) is 30.8 Å². The zero-order chi connectivity index (χ0) is 32.1. The number of halogens is 1. The minimum atomic E-state index is -3.31. The zero-order valence-corrected chi connectivity index (χ0v) is 26.9. The fourth-order valence-electron chi connectivity index (χ4n) is 7.29. The number of ether oxygens (including phenoxy) is 2. The normalized spacial score (nSPS) is 26.0. The quantitative estimate of drug-likeness (QED) is 0.154. The summed E-state index contributed by atoms with van der Waals surface area (Å²) in [6.07, 6.45) is 1.65. The molecule has 13 heteroatoms. The van der Waals surface area contributed by atoms with Crippen LogP contribution < -0.4 is 9.80 Å². The van der Waals surface area contributed by atoms with Gasteiger partial charge in [0.15, 0.2) is 11.8 Å². The molecule has 238 valence electrons. The third-order valence-electron chi connectivity index (χ3n) is 9.23. The first-order valence-corrected chi connectivity index (χ1v) is 18.3. The van der Waals surface area contributed by atoms with E-state index in [1.54, 1.807) is 41.0 Å². The highest BCUT2D eigenvalue weighted by atomic mass is 28.4. The number of aliphatic hydroxyl groups is 1. The zero-order valence-electron chi connectivity index (χ0n) is 25.9. The fraction of sp³-hybridized carbons (Fsp3) is 0.469. The number of hydrogen-bond acceptors (Lipinski definition) is 8. The Kier molecular flexibility index (Phi) is 8.12. The highest BCUT2D eigenvalue weighted by Crippen LogP contribution is 2.60. The van der Waals surface area contributed by atoms with Gasteiger partial charge in [0.1, 0.15) is 0 Å². The van der Waals surface area contributed by atoms with Gasteiger partial charge in [-0.2, -0.15) is 0 Å². The molecule has 1 unspecified atom stereocenters. The van der Waals surface area contributed by atoms with Gasteiger partial charge in [0.2, 0.25) is 14.3 Å². The molecule has 0 radical (unpaired) electrons. The highest BCUT2D eigenvalue weighted by Gasteiger charge is 2.66. The molecule has 2 aromatic carbocycles. The number of para-hydroxylation sites is 1. The number of anilines is 2. The van der Waals surface area contributed by atoms with E-state index in [2.05, 4.69) is 10.3 Å². The number of aliphatic hydroxyl groups excluding tert-OH is 1. The average Bonchev–Trinajstić information content (AvgIpc) is 3.62. The third kappa shape index (κ3) is 5.46. The summed E-state index contributed by atoms with van der Waals surface area (Å²) < 4.78 is 29.8. The predicted molar refractivity (Wildman–Crippen MR) is 165 cm³/mol. The number of hydrogen-bond donors (Lipinski definition) is 1. The number of rotatable bonds is 10. The molecule has 0 bridgehead atoms. The number of benzene rings is 2. The maximum atomic E-state index is 16.1. The van der Waals surface area contributed by atoms with Crippen molar-refractivity contribution in [2.24, 2.45) is 5.92 Å². The van der Waals surface area contributed by atoms with Gasteiger partial charge >= 0.3 is 5.97 Å². The van der Waals surface area contributed by atoms with Crippen molar-refractivity contribution < 1.29 is 33.1 Å². The van der Waals surface area contributed by atoms with E-state index < -0.39 is 43.8 Å². The molecule has 1 aromatic heterocycles. The molecular weight excluding hydrogens is 597 g/mol. The molecular formula is C32H38FN5O6Si. The van der Waals surface area contributed by atoms with Crippen LogP contribution in [0.2, 0.25) is 18.6 Å². The molecule has 1 N–H and O–H groups in total. The molecule has 0 saturated carbocycles. The molecule has 2 fully saturated rings. The van der Waals surface area contributed by atoms with Crippen LogP contribution in [0, 0.1) is 5.92 Å². The number of fused-ring (bicyclic) bond motifs is 2. The van der Waals surface area contributed by atoms with Crippen LogP contribution in [0.5, 0.6) is 0 Å². The molecule has 4 heterocycles. The van der Waals surface area contributed by atoms with Gasteiger partial charge in [-0.3, -0.25) is 24.0 Å². The molecule has 3 aliphatic rings. The summed E-state index contributed by atoms with van der Waals surface area (Å²) in [4.78, 5) is 41.3. The van der Waals surface area contributed by atoms with Crippen molar-refractivity contribution in [2.45, 2.75) is 82.8 Å². The van der Waals surface area contributed by atoms with E-state index in [4.69, 9.17) is 9.47 Å². The molecule has 1 spiro atoms. The first kappa shape index (κ1) is 31.1. The van der Waals surface area contributed by atoms with Crippen molar-refractivity contribution in [3.8, 4) is 0 Å². The van der Waals surface area contributed by atoms with Crippen LogP contribution in [0.1, 0.15) is 43.5 Å². The van der Waals surface area contributed by atoms with Crippen LogP contribution in [0.3, 0.4) is 0 Å². The first-order valence-electron chi connectivity index (χ1n) is 15.3. The minimum Gasteiger partial charge on any atom is -0.441 e. The second-order valence-electron chi connectivity index (χ2n) is 12.6. The van der Waals surface area contributed by atoms with Crippen LogP contribution in [-0.2, 0) is 49.0 Å². The maximum absolute atomic E-state index is 16.1. The molecule has 5 atom stereocenters. The minimum absolute atomic E-state index is 0.0228. The number of aromatic nitrogens is 3. The summed E-state index contributed by atoms with van der Waals surface area (Å²) in [7, 11) is -3.31. The molecule has 2 amide bonds. The lowest BCUT2D eigenvalue weighted by atomic mass is 9.82. The first-order chi connectivity index (χ1) is 21.4. The average molecular weight is 636 g/mol. The second-order valence-corrected chi connectivity index (χ2v) is 16.4. The van der Waals surface area contributed by atoms with Crippen molar-refractivity contribution in [3.05, 3.63) is 71.5 Å². The topological polar surface area (TPSA) is 127 Å². The summed E-state index contributed by atoms with van der Waals surface area (Å²) in [5, 5.41) is 17.4. The Morgan fingerprint density at radius 1 is 1.18 bits per heavy atom. The van der Waals surface area contributed by atoms with E-state index in [1.807, 2.05) is 43.3 Å². The van der Waals surface area contributed by atoms with Gasteiger partial charge in [0.25, 0.3) is 5.91 Å². The number of carbonyl (C=O) groups excluding carboxylic acids is 3. The van der Waals surface area contributed by atoms with Crippen molar-refractivity contribution in [3.63, 3.8) is 0 Å². The van der Waals surface area contributed by atoms with E-state index in [-0.39, 0.29) is 31.4 Å². The Hall–Kier alpha value is -3.94. The lowest BCUT2D eigenvalue weighted by molar-refractivity contribution is -0.154. The molecule has 6 rings (SSSR count). The van der Waals surface area contributed by atoms with Gasteiger partial charge < -0.3 is 23.6 Å². The maximum Gasteiger partial charge on any atom is 0.304 e. The monoisotopic (exact) mass is 635 g/mol. The Morgan fingerprint density at radius 3 is 2.58 bits per heavy atom. The van der Waals surface area contributed by atoms with Gasteiger partial charge in [0, 0.05) is 55.4 Å². The number of esters is 1. The van der Waals surface area contributed by atoms with Crippen LogP contribution in [0.15, 0.2) is 54.7 Å². The van der Waals surface area contributed by atoms with Crippen LogP contribution >= 0.6 is 0 Å². The lowest BCUT2D eigenvalue weighted by Crippen LogP contribution is -2.54. The summed E-state index contributed by atoms with van der Waals surface area (Å²) in [5.74, 6) is -1.22. The SMILES string of the molecule is CC(=O)OC1CC(=O)N1c1ccc(CN2C(=O)[C@@]3(O[C@@H](CCn4cc(CCO)nn4)[C@H]([Si](C)(C)F)[C@H]3C)c3ccccc32)cc1. The van der Waals surface area contributed by atoms with Crippen molar-refractivity contribution in [2.75, 3.05) is 16.4 Å². The van der Waals surface area contributed by atoms with Crippen LogP contribution in [0.4, 0.5) is 15.5 Å². The van der Waals surface area contributed by atoms with E-state index in [0.717, 1.165) is 16.8 Å². The Labute approximate surface area is 262 Å². The Morgan fingerprint density at radius 2 is 1.91 bits per heavy atom. The van der Waals surface area contributed by atoms with Crippen molar-refractivity contribution in [1.82, 2.24) is 15.0 Å². The lowest BCUT2D eigenvalue weighted by Gasteiger charge is -2.39. The molecule has 3 aliphatic heterocycles. The highest BCUT2D eigenvalue weighted by molar-refractivity contribution is 6.72. The summed E-state index contributed by atoms with van der Waals surface area (Å²) in [6, 6.07) is 14.8. The smallest absolute Gasteiger partial charge is 0.304 e. The Bertz CT molecular complexity index is 1610. The van der Waals surface area contributed by atoms with E-state index in [1.165, 1.54) is 11.8 Å². The number of nitrogens with zero attached hydrogens (tertiary/aromatic N) is 5. The van der Waals surface area contributed by atoms with E-state index >= 15 is 4.11 Å². The molecule has 2 saturated heterocycles. The third-order valence-corrected chi connectivity index (χ3v) is 11.7. The van der Waals surface area contributed by atoms with Crippen LogP contribution in [-0.4, -0.2) is 65.2 Å². The Balaban J connectivity index is 1.25. The summed E-state index contributed by atoms with van der Waals surface area (Å²) >= 11 is 0. The number of amides is 2. The standard InChI is InChI=1S/C32H38FN5O6Si/c1-20-30(45(3,4)33)27(13-15-36-19-23(14-16-39)34-35-36)44-32(20)25-7-5-6-8-26(25)37(31(32)42)18-22-9-11-24(12-10-22)38-28(41)17-29(38)43-21(2)40/h5-12,19-20,27,29-30,39H,13-18H2,1-4H3/t20-,27+,29?,30-,32+/m1/s1. The van der Waals surface area contributed by atoms with Gasteiger partial charge in [-0.15, -0.1) is 5.10 Å². The molecule has 11 nitrogen and oxygen atoms in total. The molecule has 3 aromatic rings. The number of aryl methyl sites for hydroxylation is 1. The fourth-order valence-corrected chi connectivity index (χ4v) is 9.84. The largest absolute Gasteiger partial charge is 0.441 e. The second kappa shape index (κ2) is 11.8. The van der Waals surface area contributed by atoms with Gasteiger partial charge in [-0.1, -0.05) is 42.5 Å². The number of carbonyl (C=O) groups is 3. The van der Waals surface area contributed by atoms with Crippen molar-refractivity contribution >= 4 is 37.6 Å². The van der Waals surface area contributed by atoms with E-state index in [9.17, 15) is 19.5 Å². The summed E-state index contributed by atoms with van der Waals surface area (Å²) in [5.41, 5.74) is 1.83. The predicted octanol–water partition coefficient (Wildman–Crippen LogP) is 3.85. The van der Waals surface area contributed by atoms with Gasteiger partial charge in [0.05, 0.1) is 30.5 Å². The van der Waals surface area contributed by atoms with Gasteiger partial charge in [-0.05, 0) is 43.3 Å². The summed E-state index contributed by atoms with van der Waals surface area (Å²) in [6.45, 7) is 7.28. The van der Waals surface area contributed by atoms with Crippen LogP contribution in [0.25, 0.3) is 0 Å².